The Morgan fingerprint density at radius 1 is 1.37 bits per heavy atom. The summed E-state index contributed by atoms with van der Waals surface area (Å²) >= 11 is 3.96. The van der Waals surface area contributed by atoms with E-state index >= 15 is 0 Å². The first-order valence-electron chi connectivity index (χ1n) is 10.2. The topological polar surface area (TPSA) is 170 Å². The van der Waals surface area contributed by atoms with Gasteiger partial charge in [-0.25, -0.2) is 0 Å². The number of carboxylic acid groups (broad SMARTS) is 1. The van der Waals surface area contributed by atoms with Gasteiger partial charge in [0.2, 0.25) is 18.2 Å². The van der Waals surface area contributed by atoms with Crippen LogP contribution in [0.1, 0.15) is 16.6 Å². The van der Waals surface area contributed by atoms with Crippen LogP contribution >= 0.6 is 34.9 Å². The van der Waals surface area contributed by atoms with Gasteiger partial charge in [-0.3, -0.25) is 14.4 Å². The Bertz CT molecular complexity index is 1120. The molecule has 4 atom stereocenters. The fourth-order valence-corrected chi connectivity index (χ4v) is 7.35. The van der Waals surface area contributed by atoms with Crippen molar-refractivity contribution in [2.45, 2.75) is 28.7 Å². The third-order valence-corrected chi connectivity index (χ3v) is 9.48. The van der Waals surface area contributed by atoms with Crippen molar-refractivity contribution in [3.63, 3.8) is 0 Å². The van der Waals surface area contributed by atoms with Gasteiger partial charge >= 0.3 is 29.6 Å². The minimum Gasteiger partial charge on any atom is -0.549 e. The van der Waals surface area contributed by atoms with Gasteiger partial charge in [0.1, 0.15) is 22.5 Å². The van der Waals surface area contributed by atoms with Crippen LogP contribution in [0.5, 0.6) is 0 Å². The number of nitrogens with zero attached hydrogens (tertiary/aromatic N) is 3. The zero-order chi connectivity index (χ0) is 24.5. The summed E-state index contributed by atoms with van der Waals surface area (Å²) in [5.74, 6) is -1.66. The van der Waals surface area contributed by atoms with Crippen molar-refractivity contribution in [2.75, 3.05) is 23.4 Å². The Hall–Kier alpha value is -1.68. The molecule has 180 valence electrons. The van der Waals surface area contributed by atoms with E-state index < -0.39 is 29.4 Å². The normalized spacial score (nSPS) is 23.8. The van der Waals surface area contributed by atoms with Crippen LogP contribution < -0.4 is 51.0 Å². The number of β-lactam (4-membered cyclic amide) rings is 1. The number of carboxylic acids is 1. The first-order valence-corrected chi connectivity index (χ1v) is 13.0. The summed E-state index contributed by atoms with van der Waals surface area (Å²) in [6.45, 7) is 1.82. The third-order valence-electron chi connectivity index (χ3n) is 5.63. The van der Waals surface area contributed by atoms with E-state index in [0.29, 0.717) is 22.0 Å². The van der Waals surface area contributed by atoms with E-state index in [9.17, 15) is 24.3 Å². The molecule has 35 heavy (non-hydrogen) atoms. The molecule has 3 unspecified atom stereocenters. The predicted octanol–water partition coefficient (Wildman–Crippen LogP) is -3.65. The molecular formula is C20H21N6NaO5S3. The van der Waals surface area contributed by atoms with Crippen LogP contribution in [0.4, 0.5) is 5.69 Å². The van der Waals surface area contributed by atoms with Crippen LogP contribution in [0.3, 0.4) is 0 Å². The maximum atomic E-state index is 12.8. The van der Waals surface area contributed by atoms with Crippen molar-refractivity contribution in [3.05, 3.63) is 34.8 Å². The first-order chi connectivity index (χ1) is 16.2. The van der Waals surface area contributed by atoms with Gasteiger partial charge in [-0.2, -0.15) is 0 Å². The van der Waals surface area contributed by atoms with Gasteiger partial charge in [0.25, 0.3) is 0 Å². The Balaban J connectivity index is 0.00000342. The van der Waals surface area contributed by atoms with Crippen molar-refractivity contribution in [2.24, 2.45) is 11.1 Å². The maximum Gasteiger partial charge on any atom is 1.00 e. The number of anilines is 1. The number of hydrogen-bond acceptors (Lipinski definition) is 11. The van der Waals surface area contributed by atoms with Gasteiger partial charge in [-0.05, 0) is 24.6 Å². The van der Waals surface area contributed by atoms with Crippen molar-refractivity contribution in [3.8, 4) is 0 Å². The molecule has 4 N–H and O–H groups in total. The number of fused-ring (bicyclic) bond motifs is 1. The Morgan fingerprint density at radius 3 is 2.69 bits per heavy atom. The predicted molar refractivity (Wildman–Crippen MR) is 126 cm³/mol. The molecule has 0 radical (unpaired) electrons. The van der Waals surface area contributed by atoms with E-state index in [1.165, 1.54) is 39.8 Å². The molecule has 1 aromatic carbocycles. The number of benzene rings is 1. The minimum atomic E-state index is -1.23. The standard InChI is InChI=1S/C20H22N6O5S3.Na/c1-10-24-25-19(34-10)33-8-20(18(30)31)6-26-16(29)14(17(26)32-7-20)23-15(28)13(21)11-2-4-12(5-3-11)22-9-27;/h2-5,9,13-14,17H,6-8,21H2,1H3,(H,22,27)(H,23,28)(H,30,31);/q;+1/p-1/t13?,14?,17-,20?;/m1./s1. The van der Waals surface area contributed by atoms with Crippen LogP contribution in [0.2, 0.25) is 0 Å². The fraction of sp³-hybridized carbons (Fsp3) is 0.400. The van der Waals surface area contributed by atoms with Crippen LogP contribution in [-0.4, -0.2) is 68.8 Å². The second kappa shape index (κ2) is 11.6. The molecule has 3 heterocycles. The summed E-state index contributed by atoms with van der Waals surface area (Å²) in [6.07, 6.45) is 0.544. The molecule has 0 aliphatic carbocycles. The molecular weight excluding hydrogens is 523 g/mol. The van der Waals surface area contributed by atoms with Crippen LogP contribution in [-0.2, 0) is 19.2 Å². The van der Waals surface area contributed by atoms with Gasteiger partial charge in [0.05, 0.1) is 5.97 Å². The molecule has 2 fully saturated rings. The smallest absolute Gasteiger partial charge is 0.549 e. The number of hydrogen-bond donors (Lipinski definition) is 3. The van der Waals surface area contributed by atoms with Crippen molar-refractivity contribution < 1.29 is 53.8 Å². The Kier molecular flexibility index (Phi) is 9.23. The molecule has 0 spiro atoms. The molecule has 1 aromatic heterocycles. The second-order valence-electron chi connectivity index (χ2n) is 7.96. The van der Waals surface area contributed by atoms with Crippen molar-refractivity contribution >= 4 is 64.7 Å². The number of carbonyl (C=O) groups is 4. The van der Waals surface area contributed by atoms with Gasteiger partial charge in [0.15, 0.2) is 4.34 Å². The molecule has 2 aliphatic rings. The Morgan fingerprint density at radius 2 is 2.09 bits per heavy atom. The van der Waals surface area contributed by atoms with E-state index in [-0.39, 0.29) is 58.9 Å². The van der Waals surface area contributed by atoms with E-state index in [1.807, 2.05) is 6.92 Å². The molecule has 2 aromatic rings. The molecule has 4 rings (SSSR count). The summed E-state index contributed by atoms with van der Waals surface area (Å²) < 4.78 is 0.661. The number of nitrogens with one attached hydrogen (secondary N) is 2. The minimum absolute atomic E-state index is 0. The summed E-state index contributed by atoms with van der Waals surface area (Å²) in [7, 11) is 0. The van der Waals surface area contributed by atoms with Crippen LogP contribution in [0.25, 0.3) is 0 Å². The number of rotatable bonds is 9. The third kappa shape index (κ3) is 5.84. The average molecular weight is 545 g/mol. The number of aryl methyl sites for hydroxylation is 1. The van der Waals surface area contributed by atoms with E-state index in [4.69, 9.17) is 5.73 Å². The summed E-state index contributed by atoms with van der Waals surface area (Å²) in [6, 6.07) is 4.68. The quantitative estimate of drug-likeness (QED) is 0.124. The molecule has 0 bridgehead atoms. The first kappa shape index (κ1) is 27.9. The summed E-state index contributed by atoms with van der Waals surface area (Å²) in [4.78, 5) is 49.4. The van der Waals surface area contributed by atoms with Gasteiger partial charge < -0.3 is 31.2 Å². The maximum absolute atomic E-state index is 12.8. The number of aromatic nitrogens is 2. The summed E-state index contributed by atoms with van der Waals surface area (Å²) in [5.41, 5.74) is 5.90. The number of aliphatic carboxylic acids is 1. The van der Waals surface area contributed by atoms with E-state index in [1.54, 1.807) is 24.3 Å². The fourth-order valence-electron chi connectivity index (χ4n) is 3.68. The molecule has 2 saturated heterocycles. The largest absolute Gasteiger partial charge is 1.00 e. The number of thioether (sulfide) groups is 2. The van der Waals surface area contributed by atoms with Gasteiger partial charge in [-0.1, -0.05) is 35.2 Å². The average Bonchev–Trinajstić information content (AvgIpc) is 3.26. The molecule has 0 saturated carbocycles. The molecule has 3 amide bonds. The van der Waals surface area contributed by atoms with Gasteiger partial charge in [0, 0.05) is 29.2 Å². The second-order valence-corrected chi connectivity index (χ2v) is 11.5. The van der Waals surface area contributed by atoms with E-state index in [0.717, 1.165) is 5.01 Å². The zero-order valence-corrected chi connectivity index (χ0v) is 23.4. The van der Waals surface area contributed by atoms with Crippen molar-refractivity contribution in [1.29, 1.82) is 0 Å². The zero-order valence-electron chi connectivity index (χ0n) is 18.9. The molecule has 15 heteroatoms. The summed E-state index contributed by atoms with van der Waals surface area (Å²) in [5, 5.41) is 25.6. The van der Waals surface area contributed by atoms with E-state index in [2.05, 4.69) is 20.8 Å². The molecule has 2 aliphatic heterocycles. The Labute approximate surface area is 235 Å². The number of nitrogens with two attached hydrogens (primary N) is 1. The number of carbonyl (C=O) groups excluding carboxylic acids is 4. The van der Waals surface area contributed by atoms with Crippen molar-refractivity contribution in [1.82, 2.24) is 20.4 Å². The van der Waals surface area contributed by atoms with Crippen LogP contribution in [0.15, 0.2) is 28.6 Å². The van der Waals surface area contributed by atoms with Crippen LogP contribution in [0, 0.1) is 12.3 Å². The monoisotopic (exact) mass is 544 g/mol. The SMILES string of the molecule is Cc1nnc(SCC2(C(=O)[O-])CS[C@@H]3C(NC(=O)C(N)c4ccc(NC=O)cc4)C(=O)N3C2)s1.[Na+]. The molecule has 11 nitrogen and oxygen atoms in total. The number of amides is 3. The van der Waals surface area contributed by atoms with Gasteiger partial charge in [-0.15, -0.1) is 22.0 Å².